The Morgan fingerprint density at radius 3 is 2.67 bits per heavy atom. The Labute approximate surface area is 102 Å². The maximum absolute atomic E-state index is 12.0. The van der Waals surface area contributed by atoms with Crippen LogP contribution in [0.1, 0.15) is 22.6 Å². The summed E-state index contributed by atoms with van der Waals surface area (Å²) in [6, 6.07) is 4.43. The fraction of sp³-hybridized carbons (Fsp3) is 0.455. The van der Waals surface area contributed by atoms with Crippen molar-refractivity contribution >= 4 is 5.97 Å². The Kier molecular flexibility index (Phi) is 4.66. The van der Waals surface area contributed by atoms with Crippen molar-refractivity contribution in [2.45, 2.75) is 19.1 Å². The first-order valence-electron chi connectivity index (χ1n) is 5.22. The van der Waals surface area contributed by atoms with E-state index in [0.29, 0.717) is 5.69 Å². The minimum Gasteiger partial charge on any atom is -0.477 e. The van der Waals surface area contributed by atoms with E-state index in [1.165, 1.54) is 24.1 Å². The lowest BCUT2D eigenvalue weighted by molar-refractivity contribution is -0.137. The van der Waals surface area contributed by atoms with Gasteiger partial charge in [0.1, 0.15) is 5.69 Å². The molecular formula is C11H13F3N2O2. The van der Waals surface area contributed by atoms with Gasteiger partial charge in [-0.2, -0.15) is 13.2 Å². The van der Waals surface area contributed by atoms with E-state index in [1.807, 2.05) is 0 Å². The molecule has 0 aliphatic heterocycles. The number of hydrogen-bond donors (Lipinski definition) is 1. The first-order chi connectivity index (χ1) is 8.28. The van der Waals surface area contributed by atoms with Gasteiger partial charge in [-0.25, -0.2) is 9.78 Å². The molecule has 0 radical (unpaired) electrons. The normalized spacial score (nSPS) is 11.8. The highest BCUT2D eigenvalue weighted by molar-refractivity contribution is 5.85. The highest BCUT2D eigenvalue weighted by Gasteiger charge is 2.27. The molecule has 0 aromatic carbocycles. The molecule has 18 heavy (non-hydrogen) atoms. The van der Waals surface area contributed by atoms with E-state index in [-0.39, 0.29) is 18.8 Å². The highest BCUT2D eigenvalue weighted by Crippen LogP contribution is 2.19. The van der Waals surface area contributed by atoms with E-state index < -0.39 is 18.6 Å². The molecule has 0 amide bonds. The number of halogens is 3. The summed E-state index contributed by atoms with van der Waals surface area (Å²) in [6.07, 6.45) is -5.09. The lowest BCUT2D eigenvalue weighted by atomic mass is 10.3. The predicted octanol–water partition coefficient (Wildman–Crippen LogP) is 2.16. The van der Waals surface area contributed by atoms with Crippen molar-refractivity contribution in [2.75, 3.05) is 13.6 Å². The van der Waals surface area contributed by atoms with Crippen LogP contribution in [0.3, 0.4) is 0 Å². The number of hydrogen-bond acceptors (Lipinski definition) is 3. The topological polar surface area (TPSA) is 53.4 Å². The molecule has 0 atom stereocenters. The van der Waals surface area contributed by atoms with Gasteiger partial charge in [-0.1, -0.05) is 6.07 Å². The number of aromatic nitrogens is 1. The molecule has 0 fully saturated rings. The second-order valence-electron chi connectivity index (χ2n) is 3.92. The molecule has 0 spiro atoms. The summed E-state index contributed by atoms with van der Waals surface area (Å²) in [5, 5.41) is 8.73. The summed E-state index contributed by atoms with van der Waals surface area (Å²) >= 11 is 0. The quantitative estimate of drug-likeness (QED) is 0.883. The van der Waals surface area contributed by atoms with E-state index in [1.54, 1.807) is 6.07 Å². The molecule has 0 aliphatic carbocycles. The van der Waals surface area contributed by atoms with Crippen LogP contribution in [0.15, 0.2) is 18.2 Å². The number of carbonyl (C=O) groups is 1. The zero-order chi connectivity index (χ0) is 13.8. The van der Waals surface area contributed by atoms with Gasteiger partial charge in [0.05, 0.1) is 12.1 Å². The number of carboxylic acid groups (broad SMARTS) is 1. The van der Waals surface area contributed by atoms with Gasteiger partial charge in [0.2, 0.25) is 0 Å². The van der Waals surface area contributed by atoms with Crippen molar-refractivity contribution in [3.8, 4) is 0 Å². The van der Waals surface area contributed by atoms with Crippen LogP contribution in [0.2, 0.25) is 0 Å². The molecule has 7 heteroatoms. The van der Waals surface area contributed by atoms with Crippen molar-refractivity contribution < 1.29 is 23.1 Å². The zero-order valence-corrected chi connectivity index (χ0v) is 9.74. The van der Waals surface area contributed by atoms with Gasteiger partial charge in [-0.05, 0) is 19.2 Å². The Balaban J connectivity index is 2.56. The van der Waals surface area contributed by atoms with Crippen LogP contribution in [0.5, 0.6) is 0 Å². The van der Waals surface area contributed by atoms with Gasteiger partial charge in [-0.3, -0.25) is 0 Å². The first kappa shape index (κ1) is 14.4. The molecule has 1 N–H and O–H groups in total. The average Bonchev–Trinajstić information content (AvgIpc) is 2.26. The van der Waals surface area contributed by atoms with E-state index in [9.17, 15) is 18.0 Å². The minimum atomic E-state index is -4.19. The Morgan fingerprint density at radius 1 is 1.44 bits per heavy atom. The van der Waals surface area contributed by atoms with E-state index in [2.05, 4.69) is 4.98 Å². The number of pyridine rings is 1. The van der Waals surface area contributed by atoms with E-state index in [4.69, 9.17) is 5.11 Å². The maximum atomic E-state index is 12.0. The monoisotopic (exact) mass is 262 g/mol. The summed E-state index contributed by atoms with van der Waals surface area (Å²) in [5.74, 6) is -1.16. The number of nitrogens with zero attached hydrogens (tertiary/aromatic N) is 2. The Hall–Kier alpha value is -1.63. The van der Waals surface area contributed by atoms with Crippen LogP contribution in [0.4, 0.5) is 13.2 Å². The first-order valence-corrected chi connectivity index (χ1v) is 5.22. The molecule has 1 heterocycles. The molecule has 100 valence electrons. The van der Waals surface area contributed by atoms with Gasteiger partial charge in [0.25, 0.3) is 0 Å². The summed E-state index contributed by atoms with van der Waals surface area (Å²) in [4.78, 5) is 16.0. The fourth-order valence-corrected chi connectivity index (χ4v) is 1.36. The van der Waals surface area contributed by atoms with Crippen LogP contribution >= 0.6 is 0 Å². The van der Waals surface area contributed by atoms with Crippen LogP contribution < -0.4 is 0 Å². The molecule has 4 nitrogen and oxygen atoms in total. The van der Waals surface area contributed by atoms with Crippen molar-refractivity contribution in [1.29, 1.82) is 0 Å². The lowest BCUT2D eigenvalue weighted by Gasteiger charge is -2.17. The molecule has 0 unspecified atom stereocenters. The maximum Gasteiger partial charge on any atom is 0.390 e. The Bertz CT molecular complexity index is 421. The number of aromatic carboxylic acids is 1. The smallest absolute Gasteiger partial charge is 0.390 e. The third-order valence-electron chi connectivity index (χ3n) is 2.23. The molecule has 0 saturated heterocycles. The van der Waals surface area contributed by atoms with Crippen molar-refractivity contribution in [3.63, 3.8) is 0 Å². The van der Waals surface area contributed by atoms with Gasteiger partial charge >= 0.3 is 12.1 Å². The highest BCUT2D eigenvalue weighted by atomic mass is 19.4. The van der Waals surface area contributed by atoms with Gasteiger partial charge in [0, 0.05) is 13.1 Å². The largest absolute Gasteiger partial charge is 0.477 e. The van der Waals surface area contributed by atoms with E-state index >= 15 is 0 Å². The molecule has 0 bridgehead atoms. The van der Waals surface area contributed by atoms with Crippen molar-refractivity contribution in [1.82, 2.24) is 9.88 Å². The van der Waals surface area contributed by atoms with Gasteiger partial charge in [-0.15, -0.1) is 0 Å². The van der Waals surface area contributed by atoms with Crippen molar-refractivity contribution in [3.05, 3.63) is 29.6 Å². The molecule has 1 aromatic rings. The number of rotatable bonds is 5. The zero-order valence-electron chi connectivity index (χ0n) is 9.74. The molecule has 0 aliphatic rings. The number of alkyl halides is 3. The molecule has 0 saturated carbocycles. The van der Waals surface area contributed by atoms with Crippen LogP contribution in [-0.2, 0) is 6.54 Å². The van der Waals surface area contributed by atoms with Gasteiger partial charge in [0.15, 0.2) is 0 Å². The van der Waals surface area contributed by atoms with E-state index in [0.717, 1.165) is 0 Å². The summed E-state index contributed by atoms with van der Waals surface area (Å²) < 4.78 is 36.0. The molecule has 1 rings (SSSR count). The summed E-state index contributed by atoms with van der Waals surface area (Å²) in [6.45, 7) is 0.0275. The standard InChI is InChI=1S/C11H13F3N2O2/c1-16(6-5-11(12,13)14)7-8-3-2-4-9(15-8)10(17)18/h2-4H,5-7H2,1H3,(H,17,18). The Morgan fingerprint density at radius 2 is 2.11 bits per heavy atom. The van der Waals surface area contributed by atoms with Crippen LogP contribution in [0, 0.1) is 0 Å². The fourth-order valence-electron chi connectivity index (χ4n) is 1.36. The van der Waals surface area contributed by atoms with Crippen molar-refractivity contribution in [2.24, 2.45) is 0 Å². The summed E-state index contributed by atoms with van der Waals surface area (Å²) in [7, 11) is 1.53. The predicted molar refractivity (Wildman–Crippen MR) is 58.2 cm³/mol. The summed E-state index contributed by atoms with van der Waals surface area (Å²) in [5.41, 5.74) is 0.316. The third-order valence-corrected chi connectivity index (χ3v) is 2.23. The van der Waals surface area contributed by atoms with Gasteiger partial charge < -0.3 is 10.0 Å². The van der Waals surface area contributed by atoms with Crippen LogP contribution in [0.25, 0.3) is 0 Å². The lowest BCUT2D eigenvalue weighted by Crippen LogP contribution is -2.24. The SMILES string of the molecule is CN(CCC(F)(F)F)Cc1cccc(C(=O)O)n1. The van der Waals surface area contributed by atoms with Crippen LogP contribution in [-0.4, -0.2) is 40.7 Å². The second-order valence-corrected chi connectivity index (χ2v) is 3.92. The second kappa shape index (κ2) is 5.81. The molecular weight excluding hydrogens is 249 g/mol. The average molecular weight is 262 g/mol. The molecule has 1 aromatic heterocycles. The third kappa shape index (κ3) is 5.13. The minimum absolute atomic E-state index is 0.114. The number of carboxylic acids is 1.